The number of carboxylic acids is 1. The maximum Gasteiger partial charge on any atom is 0.303 e. The summed E-state index contributed by atoms with van der Waals surface area (Å²) in [5.74, 6) is -1.74. The highest BCUT2D eigenvalue weighted by molar-refractivity contribution is 5.87. The van der Waals surface area contributed by atoms with Gasteiger partial charge in [-0.3, -0.25) is 14.4 Å². The van der Waals surface area contributed by atoms with Gasteiger partial charge in [0.25, 0.3) is 0 Å². The minimum Gasteiger partial charge on any atom is -0.481 e. The fourth-order valence-electron chi connectivity index (χ4n) is 2.55. The highest BCUT2D eigenvalue weighted by atomic mass is 16.4. The molecule has 3 N–H and O–H groups in total. The first kappa shape index (κ1) is 22.2. The van der Waals surface area contributed by atoms with Crippen molar-refractivity contribution in [3.8, 4) is 6.07 Å². The number of nitrogens with zero attached hydrogens (tertiary/aromatic N) is 1. The van der Waals surface area contributed by atoms with Crippen LogP contribution in [0.4, 0.5) is 0 Å². The minimum atomic E-state index is -1.03. The van der Waals surface area contributed by atoms with Gasteiger partial charge in [-0.15, -0.1) is 0 Å². The van der Waals surface area contributed by atoms with Crippen molar-refractivity contribution >= 4 is 17.8 Å². The molecule has 0 saturated heterocycles. The van der Waals surface area contributed by atoms with E-state index >= 15 is 0 Å². The monoisotopic (exact) mass is 373 g/mol. The number of aryl methyl sites for hydroxylation is 1. The molecule has 0 fully saturated rings. The van der Waals surface area contributed by atoms with Crippen molar-refractivity contribution in [1.29, 1.82) is 5.26 Å². The zero-order chi connectivity index (χ0) is 20.1. The molecule has 0 heterocycles. The number of unbranched alkanes of at least 4 members (excludes halogenated alkanes) is 2. The quantitative estimate of drug-likeness (QED) is 0.485. The molecule has 0 aliphatic carbocycles. The van der Waals surface area contributed by atoms with E-state index < -0.39 is 24.0 Å². The van der Waals surface area contributed by atoms with E-state index in [1.165, 1.54) is 12.5 Å². The van der Waals surface area contributed by atoms with E-state index in [2.05, 4.69) is 22.8 Å². The average molecular weight is 373 g/mol. The van der Waals surface area contributed by atoms with Gasteiger partial charge in [-0.2, -0.15) is 5.26 Å². The summed E-state index contributed by atoms with van der Waals surface area (Å²) in [4.78, 5) is 34.5. The van der Waals surface area contributed by atoms with Crippen LogP contribution in [0, 0.1) is 11.3 Å². The van der Waals surface area contributed by atoms with Gasteiger partial charge in [0.05, 0.1) is 6.07 Å². The van der Waals surface area contributed by atoms with E-state index in [-0.39, 0.29) is 18.7 Å². The molecule has 1 aromatic carbocycles. The van der Waals surface area contributed by atoms with Crippen LogP contribution >= 0.6 is 0 Å². The Morgan fingerprint density at radius 3 is 2.41 bits per heavy atom. The fourth-order valence-corrected chi connectivity index (χ4v) is 2.55. The predicted molar refractivity (Wildman–Crippen MR) is 101 cm³/mol. The summed E-state index contributed by atoms with van der Waals surface area (Å²) in [5, 5.41) is 22.6. The fraction of sp³-hybridized carbons (Fsp3) is 0.500. The molecule has 0 unspecified atom stereocenters. The molecular weight excluding hydrogens is 346 g/mol. The van der Waals surface area contributed by atoms with Crippen LogP contribution in [0.2, 0.25) is 0 Å². The number of aliphatic carboxylic acids is 1. The molecule has 0 bridgehead atoms. The van der Waals surface area contributed by atoms with Crippen molar-refractivity contribution in [3.05, 3.63) is 35.9 Å². The zero-order valence-corrected chi connectivity index (χ0v) is 15.6. The Balaban J connectivity index is 2.21. The molecular formula is C20H27N3O4. The summed E-state index contributed by atoms with van der Waals surface area (Å²) in [6.07, 6.45) is 3.81. The summed E-state index contributed by atoms with van der Waals surface area (Å²) < 4.78 is 0. The Labute approximate surface area is 159 Å². The molecule has 2 amide bonds. The van der Waals surface area contributed by atoms with Gasteiger partial charge in [-0.25, -0.2) is 0 Å². The lowest BCUT2D eigenvalue weighted by atomic mass is 10.1. The topological polar surface area (TPSA) is 119 Å². The molecule has 0 spiro atoms. The predicted octanol–water partition coefficient (Wildman–Crippen LogP) is 2.17. The second-order valence-corrected chi connectivity index (χ2v) is 6.46. The van der Waals surface area contributed by atoms with Gasteiger partial charge in [0.2, 0.25) is 11.8 Å². The summed E-state index contributed by atoms with van der Waals surface area (Å²) in [7, 11) is 0. The van der Waals surface area contributed by atoms with Gasteiger partial charge in [-0.05, 0) is 38.2 Å². The van der Waals surface area contributed by atoms with Gasteiger partial charge in [-0.1, -0.05) is 36.8 Å². The van der Waals surface area contributed by atoms with Crippen molar-refractivity contribution < 1.29 is 19.5 Å². The Hall–Kier alpha value is -2.88. The molecule has 146 valence electrons. The number of nitrogens with one attached hydrogen (secondary N) is 2. The van der Waals surface area contributed by atoms with Crippen LogP contribution in [0.15, 0.2) is 30.3 Å². The number of amides is 2. The van der Waals surface area contributed by atoms with Gasteiger partial charge in [0.1, 0.15) is 12.1 Å². The van der Waals surface area contributed by atoms with Crippen LogP contribution < -0.4 is 10.6 Å². The highest BCUT2D eigenvalue weighted by Gasteiger charge is 2.19. The molecule has 27 heavy (non-hydrogen) atoms. The molecule has 0 saturated carbocycles. The molecule has 2 atom stereocenters. The van der Waals surface area contributed by atoms with Crippen molar-refractivity contribution in [1.82, 2.24) is 10.6 Å². The van der Waals surface area contributed by atoms with Gasteiger partial charge in [0.15, 0.2) is 0 Å². The van der Waals surface area contributed by atoms with Crippen LogP contribution in [-0.4, -0.2) is 35.0 Å². The molecule has 1 rings (SSSR count). The third-order valence-corrected chi connectivity index (χ3v) is 4.10. The molecule has 7 nitrogen and oxygen atoms in total. The van der Waals surface area contributed by atoms with E-state index in [9.17, 15) is 14.4 Å². The first-order valence-corrected chi connectivity index (χ1v) is 9.17. The molecule has 0 aliphatic heterocycles. The number of nitriles is 1. The van der Waals surface area contributed by atoms with Gasteiger partial charge >= 0.3 is 5.97 Å². The van der Waals surface area contributed by atoms with Crippen molar-refractivity contribution in [3.63, 3.8) is 0 Å². The molecule has 0 aliphatic rings. The van der Waals surface area contributed by atoms with E-state index in [0.29, 0.717) is 6.42 Å². The summed E-state index contributed by atoms with van der Waals surface area (Å²) in [6.45, 7) is 1.54. The normalized spacial score (nSPS) is 12.4. The maximum atomic E-state index is 12.0. The Bertz CT molecular complexity index is 655. The summed E-state index contributed by atoms with van der Waals surface area (Å²) in [5.41, 5.74) is 1.28. The number of carboxylic acid groups (broad SMARTS) is 1. The average Bonchev–Trinajstić information content (AvgIpc) is 2.65. The lowest BCUT2D eigenvalue weighted by Gasteiger charge is -2.16. The molecule has 0 aromatic heterocycles. The maximum absolute atomic E-state index is 12.0. The number of benzene rings is 1. The molecule has 1 aromatic rings. The van der Waals surface area contributed by atoms with Crippen molar-refractivity contribution in [2.45, 2.75) is 64.0 Å². The SMILES string of the molecule is C[C@H](NC(=O)CCCCCc1ccccc1)C(=O)N[C@H](C#N)CCC(=O)O. The second kappa shape index (κ2) is 12.5. The number of carbonyl (C=O) groups is 3. The highest BCUT2D eigenvalue weighted by Crippen LogP contribution is 2.07. The van der Waals surface area contributed by atoms with Crippen LogP contribution in [-0.2, 0) is 20.8 Å². The third kappa shape index (κ3) is 10.00. The Morgan fingerprint density at radius 1 is 1.07 bits per heavy atom. The second-order valence-electron chi connectivity index (χ2n) is 6.46. The Kier molecular flexibility index (Phi) is 10.2. The van der Waals surface area contributed by atoms with Gasteiger partial charge in [0, 0.05) is 12.8 Å². The van der Waals surface area contributed by atoms with E-state index in [1.54, 1.807) is 0 Å². The molecule has 0 radical (unpaired) electrons. The van der Waals surface area contributed by atoms with Crippen LogP contribution in [0.1, 0.15) is 51.0 Å². The molecule has 7 heteroatoms. The summed E-state index contributed by atoms with van der Waals surface area (Å²) >= 11 is 0. The van der Waals surface area contributed by atoms with Crippen molar-refractivity contribution in [2.24, 2.45) is 0 Å². The first-order valence-electron chi connectivity index (χ1n) is 9.17. The van der Waals surface area contributed by atoms with Gasteiger partial charge < -0.3 is 15.7 Å². The number of carbonyl (C=O) groups excluding carboxylic acids is 2. The standard InChI is InChI=1S/C20H27N3O4/c1-15(20(27)23-17(14-21)12-13-19(25)26)22-18(24)11-7-3-6-10-16-8-4-2-5-9-16/h2,4-5,8-9,15,17H,3,6-7,10-13H2,1H3,(H,22,24)(H,23,27)(H,25,26)/t15-,17-/m0/s1. The van der Waals surface area contributed by atoms with Crippen LogP contribution in [0.3, 0.4) is 0 Å². The number of rotatable bonds is 12. The minimum absolute atomic E-state index is 0.0274. The third-order valence-electron chi connectivity index (χ3n) is 4.10. The van der Waals surface area contributed by atoms with Crippen LogP contribution in [0.5, 0.6) is 0 Å². The Morgan fingerprint density at radius 2 is 1.78 bits per heavy atom. The van der Waals surface area contributed by atoms with E-state index in [1.807, 2.05) is 24.3 Å². The lowest BCUT2D eigenvalue weighted by Crippen LogP contribution is -2.47. The smallest absolute Gasteiger partial charge is 0.303 e. The number of hydrogen-bond acceptors (Lipinski definition) is 4. The summed E-state index contributed by atoms with van der Waals surface area (Å²) in [6, 6.07) is 10.4. The number of hydrogen-bond donors (Lipinski definition) is 3. The van der Waals surface area contributed by atoms with Crippen molar-refractivity contribution in [2.75, 3.05) is 0 Å². The van der Waals surface area contributed by atoms with E-state index in [4.69, 9.17) is 10.4 Å². The van der Waals surface area contributed by atoms with E-state index in [0.717, 1.165) is 25.7 Å². The first-order chi connectivity index (χ1) is 12.9. The zero-order valence-electron chi connectivity index (χ0n) is 15.6. The lowest BCUT2D eigenvalue weighted by molar-refractivity contribution is -0.137. The largest absolute Gasteiger partial charge is 0.481 e. The van der Waals surface area contributed by atoms with Crippen LogP contribution in [0.25, 0.3) is 0 Å².